The molecule has 1 atom stereocenters. The van der Waals surface area contributed by atoms with E-state index in [1.807, 2.05) is 12.1 Å². The standard InChI is InChI=1S/C30H31F2NO5S/c1-3-4-6-19-9-11-20(12-10-19)21-13-15-22(16-14-21)23-7-5-8-28(29(23)32)39(36,37)33-26-18-25(31)24(30(34)35)17-27(26)38-2/h5,7-8,11,13-19,33H,3-4,6,9-10,12H2,1-2H3,(H,34,35). The van der Waals surface area contributed by atoms with Crippen LogP contribution in [-0.4, -0.2) is 26.6 Å². The number of carboxylic acids is 1. The molecular formula is C30H31F2NO5S. The van der Waals surface area contributed by atoms with E-state index >= 15 is 4.39 Å². The second-order valence-electron chi connectivity index (χ2n) is 9.65. The van der Waals surface area contributed by atoms with E-state index in [1.54, 1.807) is 12.1 Å². The van der Waals surface area contributed by atoms with Crippen LogP contribution >= 0.6 is 0 Å². The van der Waals surface area contributed by atoms with Crippen molar-refractivity contribution in [1.82, 2.24) is 0 Å². The maximum absolute atomic E-state index is 15.6. The van der Waals surface area contributed by atoms with Gasteiger partial charge in [0.15, 0.2) is 5.82 Å². The van der Waals surface area contributed by atoms with Gasteiger partial charge in [-0.25, -0.2) is 22.0 Å². The van der Waals surface area contributed by atoms with Gasteiger partial charge in [-0.3, -0.25) is 4.72 Å². The summed E-state index contributed by atoms with van der Waals surface area (Å²) in [6.07, 6.45) is 9.21. The second-order valence-corrected chi connectivity index (χ2v) is 11.3. The number of sulfonamides is 1. The molecular weight excluding hydrogens is 524 g/mol. The predicted molar refractivity (Wildman–Crippen MR) is 147 cm³/mol. The number of anilines is 1. The van der Waals surface area contributed by atoms with Crippen molar-refractivity contribution in [2.45, 2.75) is 50.3 Å². The first-order chi connectivity index (χ1) is 18.6. The number of unbranched alkanes of at least 4 members (excludes halogenated alkanes) is 1. The number of hydrogen-bond acceptors (Lipinski definition) is 4. The highest BCUT2D eigenvalue weighted by molar-refractivity contribution is 7.92. The zero-order valence-corrected chi connectivity index (χ0v) is 22.7. The van der Waals surface area contributed by atoms with E-state index in [2.05, 4.69) is 17.7 Å². The molecule has 4 rings (SSSR count). The van der Waals surface area contributed by atoms with E-state index in [-0.39, 0.29) is 17.0 Å². The number of carbonyl (C=O) groups is 1. The van der Waals surface area contributed by atoms with Gasteiger partial charge in [0.1, 0.15) is 16.5 Å². The fourth-order valence-corrected chi connectivity index (χ4v) is 6.04. The molecule has 0 heterocycles. The van der Waals surface area contributed by atoms with Crippen LogP contribution in [0.15, 0.2) is 65.6 Å². The topological polar surface area (TPSA) is 92.7 Å². The van der Waals surface area contributed by atoms with Gasteiger partial charge in [-0.05, 0) is 54.0 Å². The number of methoxy groups -OCH3 is 1. The molecule has 1 unspecified atom stereocenters. The summed E-state index contributed by atoms with van der Waals surface area (Å²) in [7, 11) is -3.35. The summed E-state index contributed by atoms with van der Waals surface area (Å²) in [6.45, 7) is 2.20. The maximum Gasteiger partial charge on any atom is 0.338 e. The summed E-state index contributed by atoms with van der Waals surface area (Å²) >= 11 is 0. The lowest BCUT2D eigenvalue weighted by Gasteiger charge is -2.22. The number of allylic oxidation sites excluding steroid dienone is 2. The Morgan fingerprint density at radius 3 is 2.44 bits per heavy atom. The first-order valence-electron chi connectivity index (χ1n) is 12.9. The molecule has 0 radical (unpaired) electrons. The molecule has 1 aliphatic carbocycles. The molecule has 0 fully saturated rings. The minimum atomic E-state index is -4.52. The molecule has 0 spiro atoms. The lowest BCUT2D eigenvalue weighted by molar-refractivity contribution is 0.0691. The maximum atomic E-state index is 15.6. The Labute approximate surface area is 227 Å². The molecule has 9 heteroatoms. The summed E-state index contributed by atoms with van der Waals surface area (Å²) in [5.74, 6) is -3.17. The molecule has 2 N–H and O–H groups in total. The average Bonchev–Trinajstić information content (AvgIpc) is 2.92. The molecule has 0 saturated heterocycles. The summed E-state index contributed by atoms with van der Waals surface area (Å²) in [6, 6.07) is 12.9. The highest BCUT2D eigenvalue weighted by Crippen LogP contribution is 2.35. The Bertz CT molecular complexity index is 1500. The largest absolute Gasteiger partial charge is 0.495 e. The zero-order chi connectivity index (χ0) is 28.2. The molecule has 39 heavy (non-hydrogen) atoms. The van der Waals surface area contributed by atoms with Crippen molar-refractivity contribution < 1.29 is 31.8 Å². The van der Waals surface area contributed by atoms with Crippen molar-refractivity contribution in [3.05, 3.63) is 83.4 Å². The summed E-state index contributed by atoms with van der Waals surface area (Å²) < 4.78 is 63.2. The zero-order valence-electron chi connectivity index (χ0n) is 21.8. The molecule has 3 aromatic rings. The fraction of sp³-hybridized carbons (Fsp3) is 0.300. The molecule has 0 amide bonds. The summed E-state index contributed by atoms with van der Waals surface area (Å²) in [5, 5.41) is 9.11. The van der Waals surface area contributed by atoms with Crippen LogP contribution in [0.2, 0.25) is 0 Å². The summed E-state index contributed by atoms with van der Waals surface area (Å²) in [4.78, 5) is 10.6. The normalized spacial score (nSPS) is 15.5. The lowest BCUT2D eigenvalue weighted by Crippen LogP contribution is -2.16. The average molecular weight is 556 g/mol. The van der Waals surface area contributed by atoms with Crippen molar-refractivity contribution in [1.29, 1.82) is 0 Å². The number of carboxylic acid groups (broad SMARTS) is 1. The van der Waals surface area contributed by atoms with Crippen LogP contribution in [0.4, 0.5) is 14.5 Å². The van der Waals surface area contributed by atoms with Crippen molar-refractivity contribution in [3.63, 3.8) is 0 Å². The Hall–Kier alpha value is -3.72. The number of aromatic carboxylic acids is 1. The quantitative estimate of drug-likeness (QED) is 0.270. The van der Waals surface area contributed by atoms with Crippen LogP contribution in [0.1, 0.15) is 61.4 Å². The van der Waals surface area contributed by atoms with E-state index < -0.39 is 38.1 Å². The van der Waals surface area contributed by atoms with Crippen molar-refractivity contribution in [3.8, 4) is 16.9 Å². The highest BCUT2D eigenvalue weighted by atomic mass is 32.2. The smallest absolute Gasteiger partial charge is 0.338 e. The second kappa shape index (κ2) is 12.0. The molecule has 6 nitrogen and oxygen atoms in total. The Morgan fingerprint density at radius 1 is 1.10 bits per heavy atom. The van der Waals surface area contributed by atoms with Crippen LogP contribution in [-0.2, 0) is 10.0 Å². The monoisotopic (exact) mass is 555 g/mol. The number of halogens is 2. The molecule has 3 aromatic carbocycles. The number of benzene rings is 3. The van der Waals surface area contributed by atoms with E-state index in [4.69, 9.17) is 9.84 Å². The van der Waals surface area contributed by atoms with Crippen molar-refractivity contribution >= 4 is 27.3 Å². The van der Waals surface area contributed by atoms with E-state index in [0.29, 0.717) is 11.6 Å². The van der Waals surface area contributed by atoms with Gasteiger partial charge < -0.3 is 9.84 Å². The van der Waals surface area contributed by atoms with E-state index in [1.165, 1.54) is 44.1 Å². The molecule has 0 bridgehead atoms. The van der Waals surface area contributed by atoms with E-state index in [9.17, 15) is 17.6 Å². The van der Waals surface area contributed by atoms with Gasteiger partial charge in [-0.2, -0.15) is 0 Å². The number of nitrogens with one attached hydrogen (secondary N) is 1. The minimum Gasteiger partial charge on any atom is -0.495 e. The number of hydrogen-bond donors (Lipinski definition) is 2. The predicted octanol–water partition coefficient (Wildman–Crippen LogP) is 7.51. The van der Waals surface area contributed by atoms with Crippen LogP contribution in [0.25, 0.3) is 16.7 Å². The van der Waals surface area contributed by atoms with Crippen LogP contribution < -0.4 is 9.46 Å². The number of ether oxygens (including phenoxy) is 1. The van der Waals surface area contributed by atoms with Crippen LogP contribution in [0.3, 0.4) is 0 Å². The van der Waals surface area contributed by atoms with Gasteiger partial charge in [0.2, 0.25) is 0 Å². The van der Waals surface area contributed by atoms with Gasteiger partial charge >= 0.3 is 5.97 Å². The fourth-order valence-electron chi connectivity index (χ4n) is 4.88. The third-order valence-electron chi connectivity index (χ3n) is 7.07. The molecule has 0 aromatic heterocycles. The SMILES string of the molecule is CCCCC1CC=C(c2ccc(-c3cccc(S(=O)(=O)Nc4cc(F)c(C(=O)O)cc4OC)c3F)cc2)CC1. The Balaban J connectivity index is 1.58. The van der Waals surface area contributed by atoms with Crippen molar-refractivity contribution in [2.24, 2.45) is 5.92 Å². The van der Waals surface area contributed by atoms with Gasteiger partial charge in [0.05, 0.1) is 18.4 Å². The number of rotatable bonds is 10. The Kier molecular flexibility index (Phi) is 8.70. The van der Waals surface area contributed by atoms with Gasteiger partial charge in [0, 0.05) is 11.6 Å². The third kappa shape index (κ3) is 6.30. The molecule has 206 valence electrons. The third-order valence-corrected chi connectivity index (χ3v) is 8.45. The van der Waals surface area contributed by atoms with Gasteiger partial charge in [-0.15, -0.1) is 0 Å². The van der Waals surface area contributed by atoms with E-state index in [0.717, 1.165) is 42.9 Å². The van der Waals surface area contributed by atoms with Gasteiger partial charge in [0.25, 0.3) is 10.0 Å². The van der Waals surface area contributed by atoms with Crippen LogP contribution in [0.5, 0.6) is 5.75 Å². The first-order valence-corrected chi connectivity index (χ1v) is 14.3. The molecule has 0 saturated carbocycles. The lowest BCUT2D eigenvalue weighted by atomic mass is 9.84. The highest BCUT2D eigenvalue weighted by Gasteiger charge is 2.25. The first kappa shape index (κ1) is 28.3. The van der Waals surface area contributed by atoms with Crippen LogP contribution in [0, 0.1) is 17.6 Å². The Morgan fingerprint density at radius 2 is 1.82 bits per heavy atom. The minimum absolute atomic E-state index is 0.0982. The molecule has 0 aliphatic heterocycles. The summed E-state index contributed by atoms with van der Waals surface area (Å²) in [5.41, 5.74) is 1.91. The van der Waals surface area contributed by atoms with Crippen molar-refractivity contribution in [2.75, 3.05) is 11.8 Å². The van der Waals surface area contributed by atoms with Gasteiger partial charge in [-0.1, -0.05) is 68.7 Å². The molecule has 1 aliphatic rings.